The summed E-state index contributed by atoms with van der Waals surface area (Å²) in [7, 11) is 0. The second-order valence-electron chi connectivity index (χ2n) is 7.05. The molecule has 1 aromatic heterocycles. The molecule has 27 heavy (non-hydrogen) atoms. The number of carbonyl (C=O) groups is 1. The number of nitrogens with one attached hydrogen (secondary N) is 1. The Bertz CT molecular complexity index is 1060. The minimum Gasteiger partial charge on any atom is -0.362 e. The van der Waals surface area contributed by atoms with Gasteiger partial charge in [-0.1, -0.05) is 48.5 Å². The van der Waals surface area contributed by atoms with Gasteiger partial charge in [-0.25, -0.2) is 9.97 Å². The van der Waals surface area contributed by atoms with Gasteiger partial charge in [0.15, 0.2) is 5.78 Å². The summed E-state index contributed by atoms with van der Waals surface area (Å²) in [6.45, 7) is 2.90. The molecule has 2 aliphatic rings. The molecule has 5 nitrogen and oxygen atoms in total. The van der Waals surface area contributed by atoms with Gasteiger partial charge in [0.05, 0.1) is 24.0 Å². The Kier molecular flexibility index (Phi) is 3.94. The molecule has 0 aliphatic carbocycles. The van der Waals surface area contributed by atoms with Gasteiger partial charge in [-0.3, -0.25) is 9.69 Å². The van der Waals surface area contributed by atoms with Crippen molar-refractivity contribution < 1.29 is 4.79 Å². The van der Waals surface area contributed by atoms with Crippen LogP contribution in [0.3, 0.4) is 0 Å². The van der Waals surface area contributed by atoms with Gasteiger partial charge in [0.25, 0.3) is 0 Å². The highest BCUT2D eigenvalue weighted by atomic mass is 16.1. The highest BCUT2D eigenvalue weighted by Crippen LogP contribution is 2.29. The van der Waals surface area contributed by atoms with Crippen molar-refractivity contribution in [3.63, 3.8) is 0 Å². The second kappa shape index (κ2) is 6.59. The molecule has 0 radical (unpaired) electrons. The number of Topliss-reactive ketones (excluding diaryl/α,β-unsaturated/α-hetero) is 1. The highest BCUT2D eigenvalue weighted by Gasteiger charge is 2.22. The standard InChI is InChI=1S/C22H20N4O/c27-19-13-23-22-21-17(19)7-4-8-18(21)24-20(25-22)14-26-11-9-16(10-12-26)15-5-2-1-3-6-15/h1-9H,10-14H2,(H,23,24,25). The van der Waals surface area contributed by atoms with E-state index in [1.165, 1.54) is 11.1 Å². The molecule has 0 amide bonds. The third-order valence-corrected chi connectivity index (χ3v) is 5.29. The van der Waals surface area contributed by atoms with Crippen molar-refractivity contribution in [3.05, 3.63) is 71.6 Å². The summed E-state index contributed by atoms with van der Waals surface area (Å²) < 4.78 is 0. The first kappa shape index (κ1) is 16.1. The van der Waals surface area contributed by atoms with Crippen molar-refractivity contribution in [1.29, 1.82) is 0 Å². The van der Waals surface area contributed by atoms with Crippen molar-refractivity contribution in [2.75, 3.05) is 25.0 Å². The lowest BCUT2D eigenvalue weighted by molar-refractivity contribution is 0.101. The van der Waals surface area contributed by atoms with Gasteiger partial charge in [-0.05, 0) is 23.6 Å². The zero-order chi connectivity index (χ0) is 18.2. The second-order valence-corrected chi connectivity index (χ2v) is 7.05. The Labute approximate surface area is 157 Å². The third-order valence-electron chi connectivity index (χ3n) is 5.29. The summed E-state index contributed by atoms with van der Waals surface area (Å²) in [4.78, 5) is 23.9. The summed E-state index contributed by atoms with van der Waals surface area (Å²) in [5.74, 6) is 1.68. The predicted octanol–water partition coefficient (Wildman–Crippen LogP) is 3.53. The topological polar surface area (TPSA) is 58.1 Å². The van der Waals surface area contributed by atoms with Crippen LogP contribution in [0.1, 0.15) is 28.2 Å². The van der Waals surface area contributed by atoms with Crippen LogP contribution in [0.4, 0.5) is 5.82 Å². The normalized spacial score (nSPS) is 16.9. The van der Waals surface area contributed by atoms with Crippen molar-refractivity contribution in [2.45, 2.75) is 13.0 Å². The molecule has 0 spiro atoms. The number of rotatable bonds is 3. The Balaban J connectivity index is 1.39. The van der Waals surface area contributed by atoms with E-state index in [9.17, 15) is 4.79 Å². The van der Waals surface area contributed by atoms with Crippen molar-refractivity contribution in [3.8, 4) is 0 Å². The maximum Gasteiger partial charge on any atom is 0.182 e. The number of aromatic nitrogens is 2. The van der Waals surface area contributed by atoms with Crippen LogP contribution in [-0.2, 0) is 6.54 Å². The summed E-state index contributed by atoms with van der Waals surface area (Å²) >= 11 is 0. The van der Waals surface area contributed by atoms with Gasteiger partial charge in [0.1, 0.15) is 11.6 Å². The molecule has 1 N–H and O–H groups in total. The van der Waals surface area contributed by atoms with Gasteiger partial charge in [-0.15, -0.1) is 0 Å². The Morgan fingerprint density at radius 2 is 1.93 bits per heavy atom. The summed E-state index contributed by atoms with van der Waals surface area (Å²) in [5, 5.41) is 4.00. The number of carbonyl (C=O) groups excluding carboxylic acids is 1. The quantitative estimate of drug-likeness (QED) is 0.778. The fourth-order valence-corrected chi connectivity index (χ4v) is 3.89. The van der Waals surface area contributed by atoms with E-state index >= 15 is 0 Å². The number of ketones is 1. The highest BCUT2D eigenvalue weighted by molar-refractivity contribution is 6.15. The average Bonchev–Trinajstić information content (AvgIpc) is 2.72. The molecule has 2 aliphatic heterocycles. The lowest BCUT2D eigenvalue weighted by atomic mass is 9.99. The number of hydrogen-bond donors (Lipinski definition) is 1. The monoisotopic (exact) mass is 356 g/mol. The lowest BCUT2D eigenvalue weighted by Crippen LogP contribution is -2.29. The van der Waals surface area contributed by atoms with Crippen LogP contribution in [-0.4, -0.2) is 40.3 Å². The zero-order valence-electron chi connectivity index (χ0n) is 15.0. The van der Waals surface area contributed by atoms with Crippen LogP contribution in [0, 0.1) is 0 Å². The fraction of sp³-hybridized carbons (Fsp3) is 0.227. The number of benzene rings is 2. The van der Waals surface area contributed by atoms with E-state index in [2.05, 4.69) is 46.6 Å². The summed E-state index contributed by atoms with van der Waals surface area (Å²) in [5.41, 5.74) is 4.28. The first-order valence-electron chi connectivity index (χ1n) is 9.31. The molecule has 5 rings (SSSR count). The van der Waals surface area contributed by atoms with Crippen LogP contribution in [0.2, 0.25) is 0 Å². The van der Waals surface area contributed by atoms with Gasteiger partial charge in [0, 0.05) is 18.7 Å². The van der Waals surface area contributed by atoms with Crippen molar-refractivity contribution in [2.24, 2.45) is 0 Å². The molecule has 0 unspecified atom stereocenters. The molecule has 2 aromatic carbocycles. The largest absolute Gasteiger partial charge is 0.362 e. The van der Waals surface area contributed by atoms with Crippen LogP contribution in [0.15, 0.2) is 54.6 Å². The molecule has 5 heteroatoms. The predicted molar refractivity (Wildman–Crippen MR) is 107 cm³/mol. The van der Waals surface area contributed by atoms with Crippen molar-refractivity contribution in [1.82, 2.24) is 14.9 Å². The molecule has 0 atom stereocenters. The van der Waals surface area contributed by atoms with E-state index in [0.717, 1.165) is 47.6 Å². The van der Waals surface area contributed by atoms with Crippen molar-refractivity contribution >= 4 is 28.1 Å². The van der Waals surface area contributed by atoms with E-state index in [0.29, 0.717) is 13.1 Å². The van der Waals surface area contributed by atoms with E-state index in [1.807, 2.05) is 18.2 Å². The molecule has 0 saturated heterocycles. The smallest absolute Gasteiger partial charge is 0.182 e. The number of nitrogens with zero attached hydrogens (tertiary/aromatic N) is 3. The van der Waals surface area contributed by atoms with E-state index in [-0.39, 0.29) is 5.78 Å². The molecule has 0 fully saturated rings. The van der Waals surface area contributed by atoms with Crippen LogP contribution in [0.25, 0.3) is 16.5 Å². The number of anilines is 1. The SMILES string of the molecule is O=C1CNc2nc(CN3CC=C(c4ccccc4)CC3)nc3cccc1c23. The van der Waals surface area contributed by atoms with Crippen LogP contribution >= 0.6 is 0 Å². The average molecular weight is 356 g/mol. The lowest BCUT2D eigenvalue weighted by Gasteiger charge is -2.26. The maximum atomic E-state index is 12.1. The summed E-state index contributed by atoms with van der Waals surface area (Å²) in [6, 6.07) is 16.3. The van der Waals surface area contributed by atoms with Gasteiger partial charge < -0.3 is 5.32 Å². The molecular weight excluding hydrogens is 336 g/mol. The van der Waals surface area contributed by atoms with Gasteiger partial charge in [-0.2, -0.15) is 0 Å². The molecule has 3 heterocycles. The van der Waals surface area contributed by atoms with E-state index in [4.69, 9.17) is 9.97 Å². The molecular formula is C22H20N4O. The first-order chi connectivity index (χ1) is 13.3. The Hall–Kier alpha value is -3.05. The molecule has 0 saturated carbocycles. The molecule has 0 bridgehead atoms. The zero-order valence-corrected chi connectivity index (χ0v) is 15.0. The number of hydrogen-bond acceptors (Lipinski definition) is 5. The Morgan fingerprint density at radius 1 is 1.04 bits per heavy atom. The Morgan fingerprint density at radius 3 is 2.74 bits per heavy atom. The van der Waals surface area contributed by atoms with E-state index in [1.54, 1.807) is 0 Å². The third kappa shape index (κ3) is 3.00. The first-order valence-corrected chi connectivity index (χ1v) is 9.31. The summed E-state index contributed by atoms with van der Waals surface area (Å²) in [6.07, 6.45) is 3.33. The molecule has 3 aromatic rings. The van der Waals surface area contributed by atoms with Crippen LogP contribution < -0.4 is 5.32 Å². The minimum absolute atomic E-state index is 0.0964. The molecule has 134 valence electrons. The minimum atomic E-state index is 0.0964. The maximum absolute atomic E-state index is 12.1. The van der Waals surface area contributed by atoms with E-state index < -0.39 is 0 Å². The fourth-order valence-electron chi connectivity index (χ4n) is 3.89. The van der Waals surface area contributed by atoms with Gasteiger partial charge in [0.2, 0.25) is 0 Å². The van der Waals surface area contributed by atoms with Crippen LogP contribution in [0.5, 0.6) is 0 Å². The van der Waals surface area contributed by atoms with Gasteiger partial charge >= 0.3 is 0 Å².